The molecule has 2 heterocycles. The van der Waals surface area contributed by atoms with Crippen molar-refractivity contribution in [3.63, 3.8) is 0 Å². The van der Waals surface area contributed by atoms with Gasteiger partial charge in [-0.1, -0.05) is 90.5 Å². The number of benzene rings is 3. The molecule has 5 heteroatoms. The molecular formula is C31H27N3OS. The summed E-state index contributed by atoms with van der Waals surface area (Å²) >= 11 is 1.43. The third kappa shape index (κ3) is 4.47. The van der Waals surface area contributed by atoms with Gasteiger partial charge in [0.05, 0.1) is 16.7 Å². The zero-order valence-corrected chi connectivity index (χ0v) is 21.0. The Morgan fingerprint density at radius 3 is 2.33 bits per heavy atom. The number of amides is 1. The predicted octanol–water partition coefficient (Wildman–Crippen LogP) is 7.26. The number of carbonyl (C=O) groups is 1. The van der Waals surface area contributed by atoms with E-state index in [-0.39, 0.29) is 17.9 Å². The van der Waals surface area contributed by atoms with Gasteiger partial charge in [0.25, 0.3) is 5.91 Å². The van der Waals surface area contributed by atoms with Crippen LogP contribution in [0, 0.1) is 12.8 Å². The monoisotopic (exact) mass is 489 g/mol. The van der Waals surface area contributed by atoms with Crippen LogP contribution in [0.1, 0.15) is 47.6 Å². The molecule has 1 amide bonds. The number of aliphatic imine (C=N–C) groups is 1. The lowest BCUT2D eigenvalue weighted by atomic mass is 9.77. The molecule has 1 saturated carbocycles. The minimum atomic E-state index is -0.197. The van der Waals surface area contributed by atoms with E-state index in [1.165, 1.54) is 34.0 Å². The fourth-order valence-electron chi connectivity index (χ4n) is 5.20. The lowest BCUT2D eigenvalue weighted by Crippen LogP contribution is -2.30. The summed E-state index contributed by atoms with van der Waals surface area (Å²) < 4.78 is 0. The molecule has 178 valence electrons. The minimum Gasteiger partial charge on any atom is -0.266 e. The fraction of sp³-hybridized carbons (Fsp3) is 0.194. The Labute approximate surface area is 216 Å². The summed E-state index contributed by atoms with van der Waals surface area (Å²) in [5, 5.41) is 7.84. The van der Waals surface area contributed by atoms with Crippen molar-refractivity contribution in [1.82, 2.24) is 5.01 Å². The summed E-state index contributed by atoms with van der Waals surface area (Å²) in [6, 6.07) is 29.2. The lowest BCUT2D eigenvalue weighted by Gasteiger charge is -2.30. The first-order chi connectivity index (χ1) is 17.7. The van der Waals surface area contributed by atoms with Crippen LogP contribution in [-0.4, -0.2) is 21.8 Å². The molecule has 0 N–H and O–H groups in total. The normalized spacial score (nSPS) is 23.7. The third-order valence-electron chi connectivity index (χ3n) is 6.96. The van der Waals surface area contributed by atoms with Crippen molar-refractivity contribution in [2.24, 2.45) is 16.0 Å². The van der Waals surface area contributed by atoms with Gasteiger partial charge in [0.1, 0.15) is 0 Å². The summed E-state index contributed by atoms with van der Waals surface area (Å²) in [4.78, 5) is 18.0. The summed E-state index contributed by atoms with van der Waals surface area (Å²) in [5.74, 6) is 0.0668. The van der Waals surface area contributed by atoms with Gasteiger partial charge in [0.15, 0.2) is 5.17 Å². The molecule has 0 radical (unpaired) electrons. The molecule has 6 rings (SSSR count). The molecule has 0 spiro atoms. The SMILES string of the molecule is Cc1ccc(/C=C2/SC(N3N=C4/C(=C/c5ccccc5)CCC[C@H]4[C@@H]3c3ccccc3)=NC2=O)cc1. The Kier molecular flexibility index (Phi) is 6.16. The van der Waals surface area contributed by atoms with Gasteiger partial charge >= 0.3 is 0 Å². The van der Waals surface area contributed by atoms with Crippen molar-refractivity contribution in [2.45, 2.75) is 32.2 Å². The molecule has 4 nitrogen and oxygen atoms in total. The van der Waals surface area contributed by atoms with E-state index in [1.54, 1.807) is 0 Å². The smallest absolute Gasteiger partial charge is 0.266 e. The standard InChI is InChI=1S/C31H27N3OS/c1-21-15-17-23(18-16-21)20-27-30(35)32-31(36-27)34-29(24-11-6-3-7-12-24)26-14-8-13-25(28(26)33-34)19-22-9-4-2-5-10-22/h2-7,9-12,15-20,26,29H,8,13-14H2,1H3/b25-19+,27-20+/t26-,29+/m1/s1. The van der Waals surface area contributed by atoms with Crippen molar-refractivity contribution >= 4 is 40.7 Å². The van der Waals surface area contributed by atoms with Gasteiger partial charge in [0.2, 0.25) is 0 Å². The predicted molar refractivity (Wildman–Crippen MR) is 149 cm³/mol. The molecule has 2 aliphatic heterocycles. The van der Waals surface area contributed by atoms with Gasteiger partial charge in [-0.25, -0.2) is 5.01 Å². The Morgan fingerprint density at radius 1 is 0.889 bits per heavy atom. The summed E-state index contributed by atoms with van der Waals surface area (Å²) in [6.45, 7) is 2.06. The van der Waals surface area contributed by atoms with Crippen LogP contribution in [0.15, 0.2) is 106 Å². The molecule has 3 aliphatic rings. The second-order valence-electron chi connectivity index (χ2n) is 9.49. The zero-order valence-electron chi connectivity index (χ0n) is 20.2. The number of amidine groups is 1. The number of rotatable bonds is 3. The zero-order chi connectivity index (χ0) is 24.5. The number of hydrazone groups is 1. The summed E-state index contributed by atoms with van der Waals surface area (Å²) in [6.07, 6.45) is 7.40. The van der Waals surface area contributed by atoms with Crippen LogP contribution in [-0.2, 0) is 4.79 Å². The molecule has 0 aromatic heterocycles. The topological polar surface area (TPSA) is 45.0 Å². The van der Waals surface area contributed by atoms with Crippen LogP contribution in [0.4, 0.5) is 0 Å². The average molecular weight is 490 g/mol. The second-order valence-corrected chi connectivity index (χ2v) is 10.5. The van der Waals surface area contributed by atoms with Crippen molar-refractivity contribution in [3.05, 3.63) is 118 Å². The first kappa shape index (κ1) is 22.7. The molecule has 1 fully saturated rings. The van der Waals surface area contributed by atoms with Crippen LogP contribution in [0.3, 0.4) is 0 Å². The number of hydrogen-bond donors (Lipinski definition) is 0. The van der Waals surface area contributed by atoms with Crippen LogP contribution in [0.2, 0.25) is 0 Å². The van der Waals surface area contributed by atoms with Gasteiger partial charge in [-0.2, -0.15) is 10.1 Å². The van der Waals surface area contributed by atoms with E-state index in [2.05, 4.69) is 78.7 Å². The maximum Gasteiger partial charge on any atom is 0.286 e. The highest BCUT2D eigenvalue weighted by atomic mass is 32.2. The number of carbonyl (C=O) groups excluding carboxylic acids is 1. The van der Waals surface area contributed by atoms with E-state index in [1.807, 2.05) is 35.4 Å². The lowest BCUT2D eigenvalue weighted by molar-refractivity contribution is -0.113. The number of allylic oxidation sites excluding steroid dienone is 1. The van der Waals surface area contributed by atoms with Gasteiger partial charge < -0.3 is 0 Å². The molecule has 2 atom stereocenters. The Balaban J connectivity index is 1.37. The van der Waals surface area contributed by atoms with Crippen molar-refractivity contribution in [1.29, 1.82) is 0 Å². The molecule has 3 aromatic rings. The quantitative estimate of drug-likeness (QED) is 0.364. The Morgan fingerprint density at radius 2 is 1.58 bits per heavy atom. The highest BCUT2D eigenvalue weighted by molar-refractivity contribution is 8.18. The van der Waals surface area contributed by atoms with E-state index >= 15 is 0 Å². The molecule has 36 heavy (non-hydrogen) atoms. The van der Waals surface area contributed by atoms with Crippen LogP contribution in [0.5, 0.6) is 0 Å². The average Bonchev–Trinajstić information content (AvgIpc) is 3.47. The van der Waals surface area contributed by atoms with Crippen molar-refractivity contribution in [3.8, 4) is 0 Å². The van der Waals surface area contributed by atoms with Gasteiger partial charge in [-0.05, 0) is 72.4 Å². The second kappa shape index (κ2) is 9.75. The molecule has 0 saturated heterocycles. The maximum absolute atomic E-state index is 12.9. The molecule has 0 unspecified atom stereocenters. The highest BCUT2D eigenvalue weighted by Crippen LogP contribution is 2.47. The maximum atomic E-state index is 12.9. The van der Waals surface area contributed by atoms with E-state index < -0.39 is 0 Å². The Bertz CT molecular complexity index is 1410. The van der Waals surface area contributed by atoms with Crippen molar-refractivity contribution in [2.75, 3.05) is 0 Å². The largest absolute Gasteiger partial charge is 0.286 e. The molecule has 3 aromatic carbocycles. The van der Waals surface area contributed by atoms with Crippen molar-refractivity contribution < 1.29 is 4.79 Å². The Hall–Kier alpha value is -3.70. The summed E-state index contributed by atoms with van der Waals surface area (Å²) in [5.41, 5.74) is 7.00. The number of thioether (sulfide) groups is 1. The van der Waals surface area contributed by atoms with Gasteiger partial charge in [-0.3, -0.25) is 4.79 Å². The molecule has 1 aliphatic carbocycles. The summed E-state index contributed by atoms with van der Waals surface area (Å²) in [7, 11) is 0. The molecule has 0 bridgehead atoms. The van der Waals surface area contributed by atoms with Gasteiger partial charge in [-0.15, -0.1) is 0 Å². The fourth-order valence-corrected chi connectivity index (χ4v) is 6.10. The van der Waals surface area contributed by atoms with E-state index in [0.717, 1.165) is 30.5 Å². The van der Waals surface area contributed by atoms with E-state index in [9.17, 15) is 4.79 Å². The van der Waals surface area contributed by atoms with Crippen LogP contribution < -0.4 is 0 Å². The van der Waals surface area contributed by atoms with Gasteiger partial charge in [0, 0.05) is 5.92 Å². The number of nitrogens with zero attached hydrogens (tertiary/aromatic N) is 3. The first-order valence-electron chi connectivity index (χ1n) is 12.4. The highest BCUT2D eigenvalue weighted by Gasteiger charge is 2.44. The van der Waals surface area contributed by atoms with E-state index in [0.29, 0.717) is 10.1 Å². The number of aryl methyl sites for hydroxylation is 1. The molecular weight excluding hydrogens is 462 g/mol. The third-order valence-corrected chi connectivity index (χ3v) is 7.94. The first-order valence-corrected chi connectivity index (χ1v) is 13.3. The number of hydrogen-bond acceptors (Lipinski definition) is 4. The van der Waals surface area contributed by atoms with Crippen LogP contribution in [0.25, 0.3) is 12.2 Å². The number of fused-ring (bicyclic) bond motifs is 1. The minimum absolute atomic E-state index is 0.0263. The van der Waals surface area contributed by atoms with Crippen LogP contribution >= 0.6 is 11.8 Å². The van der Waals surface area contributed by atoms with E-state index in [4.69, 9.17) is 5.10 Å².